The standard InChI is InChI=1S/C47H28N2S/c1-2-15-30(16-3-1)46-48-40(33-22-12-17-29-14-4-5-18-31(29)33)28-41(49-46)36-24-13-23-34-32-19-6-9-25-38(32)47(43(34)36)39-26-10-7-20-35(39)45-44(47)37-21-8-11-27-42(37)50-45/h1-28H. The average molecular weight is 653 g/mol. The Bertz CT molecular complexity index is 2830. The summed E-state index contributed by atoms with van der Waals surface area (Å²) in [5.41, 5.74) is 13.8. The Labute approximate surface area is 294 Å². The van der Waals surface area contributed by atoms with Crippen LogP contribution in [0.5, 0.6) is 0 Å². The third-order valence-electron chi connectivity index (χ3n) is 10.7. The van der Waals surface area contributed by atoms with Gasteiger partial charge in [0.2, 0.25) is 0 Å². The number of hydrogen-bond donors (Lipinski definition) is 0. The van der Waals surface area contributed by atoms with E-state index in [0.29, 0.717) is 0 Å². The predicted octanol–water partition coefficient (Wildman–Crippen LogP) is 12.2. The molecule has 232 valence electrons. The van der Waals surface area contributed by atoms with Crippen LogP contribution < -0.4 is 0 Å². The smallest absolute Gasteiger partial charge is 0.160 e. The topological polar surface area (TPSA) is 25.8 Å². The van der Waals surface area contributed by atoms with Crippen molar-refractivity contribution in [2.24, 2.45) is 0 Å². The number of fused-ring (bicyclic) bond motifs is 13. The molecule has 2 aromatic heterocycles. The molecule has 2 aliphatic carbocycles. The molecular weight excluding hydrogens is 625 g/mol. The van der Waals surface area contributed by atoms with Gasteiger partial charge in [-0.2, -0.15) is 0 Å². The van der Waals surface area contributed by atoms with Gasteiger partial charge in [-0.3, -0.25) is 0 Å². The van der Waals surface area contributed by atoms with Crippen molar-refractivity contribution in [2.75, 3.05) is 0 Å². The lowest BCUT2D eigenvalue weighted by Crippen LogP contribution is -2.26. The summed E-state index contributed by atoms with van der Waals surface area (Å²) in [6.07, 6.45) is 0. The van der Waals surface area contributed by atoms with E-state index in [9.17, 15) is 0 Å². The highest BCUT2D eigenvalue weighted by Gasteiger charge is 2.54. The van der Waals surface area contributed by atoms with Crippen molar-refractivity contribution in [3.05, 3.63) is 192 Å². The van der Waals surface area contributed by atoms with Crippen LogP contribution in [-0.4, -0.2) is 9.97 Å². The molecule has 2 heterocycles. The summed E-state index contributed by atoms with van der Waals surface area (Å²) in [5.74, 6) is 0.724. The zero-order valence-corrected chi connectivity index (χ0v) is 27.8. The lowest BCUT2D eigenvalue weighted by molar-refractivity contribution is 0.804. The van der Waals surface area contributed by atoms with Crippen molar-refractivity contribution in [1.82, 2.24) is 9.97 Å². The largest absolute Gasteiger partial charge is 0.228 e. The number of rotatable bonds is 3. The maximum Gasteiger partial charge on any atom is 0.160 e. The van der Waals surface area contributed by atoms with Gasteiger partial charge >= 0.3 is 0 Å². The first-order chi connectivity index (χ1) is 24.8. The van der Waals surface area contributed by atoms with Crippen molar-refractivity contribution in [3.8, 4) is 55.5 Å². The maximum absolute atomic E-state index is 5.43. The van der Waals surface area contributed by atoms with Gasteiger partial charge in [-0.05, 0) is 67.2 Å². The Kier molecular flexibility index (Phi) is 5.78. The number of hydrogen-bond acceptors (Lipinski definition) is 3. The number of thiophene rings is 1. The molecular formula is C47H28N2S. The molecule has 50 heavy (non-hydrogen) atoms. The van der Waals surface area contributed by atoms with E-state index in [1.165, 1.54) is 64.7 Å². The quantitative estimate of drug-likeness (QED) is 0.190. The van der Waals surface area contributed by atoms with Gasteiger partial charge in [0.25, 0.3) is 0 Å². The molecule has 7 aromatic carbocycles. The van der Waals surface area contributed by atoms with Crippen LogP contribution >= 0.6 is 11.3 Å². The van der Waals surface area contributed by atoms with Crippen molar-refractivity contribution < 1.29 is 0 Å². The number of aromatic nitrogens is 2. The highest BCUT2D eigenvalue weighted by molar-refractivity contribution is 7.22. The number of nitrogens with zero attached hydrogens (tertiary/aromatic N) is 2. The van der Waals surface area contributed by atoms with E-state index in [4.69, 9.17) is 9.97 Å². The Morgan fingerprint density at radius 2 is 1.00 bits per heavy atom. The first-order valence-corrected chi connectivity index (χ1v) is 17.9. The minimum Gasteiger partial charge on any atom is -0.228 e. The van der Waals surface area contributed by atoms with Crippen molar-refractivity contribution >= 4 is 32.2 Å². The van der Waals surface area contributed by atoms with Gasteiger partial charge in [0.15, 0.2) is 5.82 Å². The monoisotopic (exact) mass is 652 g/mol. The fraction of sp³-hybridized carbons (Fsp3) is 0.0213. The minimum absolute atomic E-state index is 0.495. The molecule has 9 aromatic rings. The van der Waals surface area contributed by atoms with Crippen LogP contribution in [0.25, 0.3) is 76.3 Å². The second-order valence-corrected chi connectivity index (χ2v) is 14.3. The lowest BCUT2D eigenvalue weighted by Gasteiger charge is -2.32. The Morgan fingerprint density at radius 3 is 1.86 bits per heavy atom. The van der Waals surface area contributed by atoms with E-state index in [2.05, 4.69) is 164 Å². The molecule has 0 bridgehead atoms. The molecule has 0 saturated heterocycles. The van der Waals surface area contributed by atoms with Crippen LogP contribution in [0.1, 0.15) is 22.3 Å². The van der Waals surface area contributed by atoms with Gasteiger partial charge in [0, 0.05) is 26.3 Å². The zero-order chi connectivity index (χ0) is 32.8. The third kappa shape index (κ3) is 3.67. The van der Waals surface area contributed by atoms with E-state index in [-0.39, 0.29) is 0 Å². The van der Waals surface area contributed by atoms with Gasteiger partial charge in [0.1, 0.15) is 0 Å². The molecule has 0 N–H and O–H groups in total. The molecule has 0 fully saturated rings. The zero-order valence-electron chi connectivity index (χ0n) is 27.0. The van der Waals surface area contributed by atoms with Crippen LogP contribution in [0.4, 0.5) is 0 Å². The van der Waals surface area contributed by atoms with Crippen molar-refractivity contribution in [1.29, 1.82) is 0 Å². The van der Waals surface area contributed by atoms with E-state index in [1.54, 1.807) is 0 Å². The average Bonchev–Trinajstić information content (AvgIpc) is 3.81. The van der Waals surface area contributed by atoms with Crippen molar-refractivity contribution in [3.63, 3.8) is 0 Å². The summed E-state index contributed by atoms with van der Waals surface area (Å²) < 4.78 is 1.32. The van der Waals surface area contributed by atoms with Crippen LogP contribution in [0.3, 0.4) is 0 Å². The summed E-state index contributed by atoms with van der Waals surface area (Å²) in [7, 11) is 0. The Hall–Kier alpha value is -6.16. The van der Waals surface area contributed by atoms with Gasteiger partial charge in [-0.15, -0.1) is 11.3 Å². The summed E-state index contributed by atoms with van der Waals surface area (Å²) >= 11 is 1.92. The van der Waals surface area contributed by atoms with Gasteiger partial charge < -0.3 is 0 Å². The van der Waals surface area contributed by atoms with Crippen molar-refractivity contribution in [2.45, 2.75) is 5.41 Å². The highest BCUT2D eigenvalue weighted by Crippen LogP contribution is 2.67. The first kappa shape index (κ1) is 27.8. The first-order valence-electron chi connectivity index (χ1n) is 17.1. The van der Waals surface area contributed by atoms with Crippen LogP contribution in [0.15, 0.2) is 170 Å². The molecule has 2 nitrogen and oxygen atoms in total. The number of benzene rings is 7. The van der Waals surface area contributed by atoms with Crippen LogP contribution in [0, 0.1) is 0 Å². The van der Waals surface area contributed by atoms with E-state index in [1.807, 2.05) is 17.4 Å². The second-order valence-electron chi connectivity index (χ2n) is 13.2. The molecule has 2 aliphatic rings. The molecule has 11 rings (SSSR count). The summed E-state index contributed by atoms with van der Waals surface area (Å²) in [5, 5.41) is 3.70. The summed E-state index contributed by atoms with van der Waals surface area (Å²) in [6, 6.07) is 61.5. The highest BCUT2D eigenvalue weighted by atomic mass is 32.1. The predicted molar refractivity (Wildman–Crippen MR) is 208 cm³/mol. The lowest BCUT2D eigenvalue weighted by atomic mass is 9.68. The van der Waals surface area contributed by atoms with E-state index >= 15 is 0 Å². The van der Waals surface area contributed by atoms with Gasteiger partial charge in [-0.1, -0.05) is 158 Å². The fourth-order valence-electron chi connectivity index (χ4n) is 8.75. The fourth-order valence-corrected chi connectivity index (χ4v) is 10.1. The molecule has 3 heteroatoms. The normalized spacial score (nSPS) is 15.3. The summed E-state index contributed by atoms with van der Waals surface area (Å²) in [6.45, 7) is 0. The van der Waals surface area contributed by atoms with Crippen LogP contribution in [-0.2, 0) is 5.41 Å². The molecule has 1 unspecified atom stereocenters. The Morgan fingerprint density at radius 1 is 0.420 bits per heavy atom. The summed E-state index contributed by atoms with van der Waals surface area (Å²) in [4.78, 5) is 12.1. The molecule has 0 saturated carbocycles. The molecule has 0 radical (unpaired) electrons. The van der Waals surface area contributed by atoms with Crippen LogP contribution in [0.2, 0.25) is 0 Å². The molecule has 0 amide bonds. The maximum atomic E-state index is 5.43. The molecule has 1 atom stereocenters. The SMILES string of the molecule is c1ccc(-c2nc(-c3cccc4c3C3(c5ccccc5-4)c4ccccc4-c4sc5ccccc5c43)cc(-c3cccc4ccccc34)n2)cc1. The van der Waals surface area contributed by atoms with Gasteiger partial charge in [0.05, 0.1) is 16.8 Å². The van der Waals surface area contributed by atoms with Gasteiger partial charge in [-0.25, -0.2) is 9.97 Å². The minimum atomic E-state index is -0.495. The van der Waals surface area contributed by atoms with E-state index in [0.717, 1.165) is 33.9 Å². The third-order valence-corrected chi connectivity index (χ3v) is 11.9. The molecule has 1 spiro atoms. The Balaban J connectivity index is 1.27. The van der Waals surface area contributed by atoms with E-state index < -0.39 is 5.41 Å². The molecule has 0 aliphatic heterocycles. The second kappa shape index (κ2) is 10.4.